The minimum Gasteiger partial charge on any atom is -0.496 e. The van der Waals surface area contributed by atoms with Gasteiger partial charge in [-0.2, -0.15) is 0 Å². The normalized spacial score (nSPS) is 10.9. The van der Waals surface area contributed by atoms with Crippen LogP contribution in [-0.4, -0.2) is 25.3 Å². The van der Waals surface area contributed by atoms with E-state index in [0.717, 1.165) is 0 Å². The van der Waals surface area contributed by atoms with Crippen LogP contribution in [0.25, 0.3) is 0 Å². The van der Waals surface area contributed by atoms with Crippen LogP contribution in [0.4, 0.5) is 0 Å². The zero-order valence-electron chi connectivity index (χ0n) is 9.06. The molecule has 1 aromatic carbocycles. The molecule has 0 saturated carbocycles. The molecule has 0 fully saturated rings. The zero-order chi connectivity index (χ0) is 12.0. The first-order valence-electron chi connectivity index (χ1n) is 4.59. The van der Waals surface area contributed by atoms with E-state index < -0.39 is 12.1 Å². The number of aliphatic hydroxyl groups is 1. The van der Waals surface area contributed by atoms with Crippen molar-refractivity contribution < 1.29 is 19.4 Å². The Labute approximate surface area is 93.8 Å². The van der Waals surface area contributed by atoms with E-state index in [1.165, 1.54) is 14.2 Å². The van der Waals surface area contributed by atoms with Crippen molar-refractivity contribution in [1.29, 1.82) is 0 Å². The third kappa shape index (κ3) is 3.01. The van der Waals surface area contributed by atoms with Gasteiger partial charge in [0.05, 0.1) is 14.2 Å². The molecule has 1 aromatic rings. The van der Waals surface area contributed by atoms with Crippen LogP contribution in [0.3, 0.4) is 0 Å². The van der Waals surface area contributed by atoms with E-state index in [0.29, 0.717) is 11.3 Å². The molecule has 0 aliphatic rings. The first kappa shape index (κ1) is 12.1. The standard InChI is InChI=1S/C12H12O4/c1-15-11-6-4-3-5-9(11)10(13)7-8-12(14)16-2/h3-6,10,13H,1-2H3/t10-/m1/s1. The Morgan fingerprint density at radius 2 is 2.06 bits per heavy atom. The lowest BCUT2D eigenvalue weighted by Crippen LogP contribution is -2.00. The first-order chi connectivity index (χ1) is 7.69. The average molecular weight is 220 g/mol. The van der Waals surface area contributed by atoms with Gasteiger partial charge in [0.25, 0.3) is 0 Å². The lowest BCUT2D eigenvalue weighted by Gasteiger charge is -2.09. The Morgan fingerprint density at radius 1 is 1.38 bits per heavy atom. The van der Waals surface area contributed by atoms with Gasteiger partial charge >= 0.3 is 5.97 Å². The smallest absolute Gasteiger partial charge is 0.384 e. The van der Waals surface area contributed by atoms with E-state index >= 15 is 0 Å². The van der Waals surface area contributed by atoms with Gasteiger partial charge in [-0.1, -0.05) is 24.1 Å². The van der Waals surface area contributed by atoms with Crippen LogP contribution in [0.1, 0.15) is 11.7 Å². The molecule has 0 spiro atoms. The number of hydrogen-bond acceptors (Lipinski definition) is 4. The number of benzene rings is 1. The Bertz CT molecular complexity index is 428. The molecule has 84 valence electrons. The summed E-state index contributed by atoms with van der Waals surface area (Å²) in [5.74, 6) is 4.38. The highest BCUT2D eigenvalue weighted by Crippen LogP contribution is 2.23. The molecule has 16 heavy (non-hydrogen) atoms. The molecule has 4 heteroatoms. The summed E-state index contributed by atoms with van der Waals surface area (Å²) in [6, 6.07) is 6.91. The van der Waals surface area contributed by atoms with Gasteiger partial charge in [-0.25, -0.2) is 4.79 Å². The van der Waals surface area contributed by atoms with Crippen molar-refractivity contribution in [1.82, 2.24) is 0 Å². The molecule has 0 aliphatic carbocycles. The molecule has 0 saturated heterocycles. The molecule has 0 unspecified atom stereocenters. The fraction of sp³-hybridized carbons (Fsp3) is 0.250. The van der Waals surface area contributed by atoms with E-state index in [4.69, 9.17) is 4.74 Å². The maximum Gasteiger partial charge on any atom is 0.384 e. The Balaban J connectivity index is 2.90. The van der Waals surface area contributed by atoms with Crippen LogP contribution in [0.2, 0.25) is 0 Å². The van der Waals surface area contributed by atoms with E-state index in [9.17, 15) is 9.90 Å². The largest absolute Gasteiger partial charge is 0.496 e. The molecule has 0 aromatic heterocycles. The van der Waals surface area contributed by atoms with Gasteiger partial charge in [-0.05, 0) is 6.07 Å². The Kier molecular flexibility index (Phi) is 4.37. The second-order valence-corrected chi connectivity index (χ2v) is 2.91. The minimum atomic E-state index is -1.07. The van der Waals surface area contributed by atoms with E-state index in [1.54, 1.807) is 24.3 Å². The van der Waals surface area contributed by atoms with Gasteiger partial charge < -0.3 is 14.6 Å². The summed E-state index contributed by atoms with van der Waals surface area (Å²) >= 11 is 0. The van der Waals surface area contributed by atoms with Crippen LogP contribution < -0.4 is 4.74 Å². The summed E-state index contributed by atoms with van der Waals surface area (Å²) in [7, 11) is 2.73. The SMILES string of the molecule is COC(=O)C#C[C@@H](O)c1ccccc1OC. The maximum absolute atomic E-state index is 10.8. The minimum absolute atomic E-state index is 0.515. The summed E-state index contributed by atoms with van der Waals surface area (Å²) in [4.78, 5) is 10.8. The van der Waals surface area contributed by atoms with Crippen molar-refractivity contribution >= 4 is 5.97 Å². The van der Waals surface area contributed by atoms with Crippen molar-refractivity contribution in [2.75, 3.05) is 14.2 Å². The Hall–Kier alpha value is -1.99. The number of carbonyl (C=O) groups is 1. The molecule has 0 aliphatic heterocycles. The molecular weight excluding hydrogens is 208 g/mol. The highest BCUT2D eigenvalue weighted by molar-refractivity contribution is 5.88. The number of hydrogen-bond donors (Lipinski definition) is 1. The molecular formula is C12H12O4. The summed E-state index contributed by atoms with van der Waals surface area (Å²) in [6.45, 7) is 0. The molecule has 0 bridgehead atoms. The van der Waals surface area contributed by atoms with E-state index in [2.05, 4.69) is 16.6 Å². The summed E-state index contributed by atoms with van der Waals surface area (Å²) in [6.07, 6.45) is -1.07. The summed E-state index contributed by atoms with van der Waals surface area (Å²) in [5.41, 5.74) is 0.515. The average Bonchev–Trinajstić information content (AvgIpc) is 2.35. The van der Waals surface area contributed by atoms with Crippen LogP contribution >= 0.6 is 0 Å². The Morgan fingerprint density at radius 3 is 2.69 bits per heavy atom. The third-order valence-corrected chi connectivity index (χ3v) is 1.93. The number of esters is 1. The number of para-hydroxylation sites is 1. The topological polar surface area (TPSA) is 55.8 Å². The van der Waals surface area contributed by atoms with Crippen LogP contribution in [0.15, 0.2) is 24.3 Å². The van der Waals surface area contributed by atoms with E-state index in [-0.39, 0.29) is 0 Å². The fourth-order valence-corrected chi connectivity index (χ4v) is 1.15. The monoisotopic (exact) mass is 220 g/mol. The maximum atomic E-state index is 10.8. The highest BCUT2D eigenvalue weighted by atomic mass is 16.5. The number of carbonyl (C=O) groups excluding carboxylic acids is 1. The van der Waals surface area contributed by atoms with Crippen LogP contribution in [0.5, 0.6) is 5.75 Å². The summed E-state index contributed by atoms with van der Waals surface area (Å²) in [5, 5.41) is 9.72. The predicted molar refractivity (Wildman–Crippen MR) is 57.7 cm³/mol. The molecule has 0 heterocycles. The fourth-order valence-electron chi connectivity index (χ4n) is 1.15. The number of ether oxygens (including phenoxy) is 2. The predicted octanol–water partition coefficient (Wildman–Crippen LogP) is 0.905. The molecule has 1 rings (SSSR count). The molecule has 0 radical (unpaired) electrons. The van der Waals surface area contributed by atoms with Crippen molar-refractivity contribution in [2.24, 2.45) is 0 Å². The second-order valence-electron chi connectivity index (χ2n) is 2.91. The zero-order valence-corrected chi connectivity index (χ0v) is 9.06. The van der Waals surface area contributed by atoms with Gasteiger partial charge in [-0.3, -0.25) is 0 Å². The van der Waals surface area contributed by atoms with Gasteiger partial charge in [0.1, 0.15) is 11.9 Å². The number of aliphatic hydroxyl groups excluding tert-OH is 1. The van der Waals surface area contributed by atoms with E-state index in [1.807, 2.05) is 0 Å². The lowest BCUT2D eigenvalue weighted by atomic mass is 10.1. The van der Waals surface area contributed by atoms with Crippen molar-refractivity contribution in [2.45, 2.75) is 6.10 Å². The number of rotatable bonds is 2. The lowest BCUT2D eigenvalue weighted by molar-refractivity contribution is -0.133. The van der Waals surface area contributed by atoms with Crippen molar-refractivity contribution in [3.05, 3.63) is 29.8 Å². The molecule has 4 nitrogen and oxygen atoms in total. The van der Waals surface area contributed by atoms with Gasteiger partial charge in [0.2, 0.25) is 0 Å². The molecule has 1 N–H and O–H groups in total. The van der Waals surface area contributed by atoms with Crippen molar-refractivity contribution in [3.8, 4) is 17.6 Å². The molecule has 0 amide bonds. The van der Waals surface area contributed by atoms with Gasteiger partial charge in [0.15, 0.2) is 0 Å². The third-order valence-electron chi connectivity index (χ3n) is 1.93. The second kappa shape index (κ2) is 5.79. The van der Waals surface area contributed by atoms with Gasteiger partial charge in [-0.15, -0.1) is 0 Å². The van der Waals surface area contributed by atoms with Crippen LogP contribution in [-0.2, 0) is 9.53 Å². The number of methoxy groups -OCH3 is 2. The first-order valence-corrected chi connectivity index (χ1v) is 4.59. The molecule has 1 atom stereocenters. The van der Waals surface area contributed by atoms with Crippen molar-refractivity contribution in [3.63, 3.8) is 0 Å². The summed E-state index contributed by atoms with van der Waals surface area (Å²) < 4.78 is 9.39. The highest BCUT2D eigenvalue weighted by Gasteiger charge is 2.09. The quantitative estimate of drug-likeness (QED) is 0.457. The van der Waals surface area contributed by atoms with Crippen LogP contribution in [0, 0.1) is 11.8 Å². The van der Waals surface area contributed by atoms with Gasteiger partial charge in [0, 0.05) is 11.5 Å².